The van der Waals surface area contributed by atoms with Crippen molar-refractivity contribution in [3.05, 3.63) is 26.6 Å². The van der Waals surface area contributed by atoms with E-state index in [1.807, 2.05) is 12.1 Å². The minimum absolute atomic E-state index is 0.249. The summed E-state index contributed by atoms with van der Waals surface area (Å²) < 4.78 is 7.03. The zero-order valence-corrected chi connectivity index (χ0v) is 13.7. The molecule has 1 heterocycles. The largest absolute Gasteiger partial charge is 0.506 e. The molecule has 2 atom stereocenters. The summed E-state index contributed by atoms with van der Waals surface area (Å²) in [6.45, 7) is 3.81. The third kappa shape index (κ3) is 3.07. The highest BCUT2D eigenvalue weighted by atomic mass is 79.9. The smallest absolute Gasteiger partial charge is 0.143 e. The van der Waals surface area contributed by atoms with Gasteiger partial charge in [-0.2, -0.15) is 0 Å². The van der Waals surface area contributed by atoms with Crippen LogP contribution in [-0.4, -0.2) is 35.8 Å². The van der Waals surface area contributed by atoms with Gasteiger partial charge in [0.25, 0.3) is 0 Å². The molecule has 0 aliphatic carbocycles. The van der Waals surface area contributed by atoms with E-state index in [4.69, 9.17) is 4.74 Å². The van der Waals surface area contributed by atoms with E-state index >= 15 is 0 Å². The van der Waals surface area contributed by atoms with Crippen LogP contribution in [0.25, 0.3) is 0 Å². The van der Waals surface area contributed by atoms with Crippen LogP contribution >= 0.6 is 31.9 Å². The molecule has 1 N–H and O–H groups in total. The SMILES string of the molecule is CC1OCCC1N(C)Cc1cc(Br)c(O)c(Br)c1. The molecule has 1 aromatic carbocycles. The fraction of sp³-hybridized carbons (Fsp3) is 0.538. The highest BCUT2D eigenvalue weighted by Crippen LogP contribution is 2.34. The Kier molecular flexibility index (Phi) is 4.69. The molecular formula is C13H17Br2NO2. The number of likely N-dealkylation sites (N-methyl/N-ethyl adjacent to an activating group) is 1. The Labute approximate surface area is 124 Å². The second-order valence-electron chi connectivity index (χ2n) is 4.76. The lowest BCUT2D eigenvalue weighted by Gasteiger charge is -2.26. The Balaban J connectivity index is 2.09. The number of halogens is 2. The molecule has 2 rings (SSSR count). The van der Waals surface area contributed by atoms with Gasteiger partial charge in [0.05, 0.1) is 15.0 Å². The summed E-state index contributed by atoms with van der Waals surface area (Å²) in [5, 5.41) is 9.69. The van der Waals surface area contributed by atoms with Crippen LogP contribution in [0.5, 0.6) is 5.75 Å². The van der Waals surface area contributed by atoms with E-state index in [1.165, 1.54) is 0 Å². The van der Waals surface area contributed by atoms with Gasteiger partial charge in [0.2, 0.25) is 0 Å². The van der Waals surface area contributed by atoms with Gasteiger partial charge in [0.1, 0.15) is 5.75 Å². The van der Waals surface area contributed by atoms with Crippen LogP contribution in [0.15, 0.2) is 21.1 Å². The van der Waals surface area contributed by atoms with Gasteiger partial charge < -0.3 is 9.84 Å². The number of rotatable bonds is 3. The molecule has 2 unspecified atom stereocenters. The van der Waals surface area contributed by atoms with Crippen molar-refractivity contribution >= 4 is 31.9 Å². The molecule has 0 radical (unpaired) electrons. The van der Waals surface area contributed by atoms with E-state index in [0.717, 1.165) is 34.1 Å². The molecule has 1 aliphatic rings. The highest BCUT2D eigenvalue weighted by Gasteiger charge is 2.27. The second kappa shape index (κ2) is 5.90. The maximum absolute atomic E-state index is 9.69. The van der Waals surface area contributed by atoms with Crippen LogP contribution in [0.4, 0.5) is 0 Å². The molecule has 100 valence electrons. The molecule has 0 amide bonds. The van der Waals surface area contributed by atoms with Gasteiger partial charge in [-0.1, -0.05) is 0 Å². The van der Waals surface area contributed by atoms with Gasteiger partial charge in [0.15, 0.2) is 0 Å². The number of ether oxygens (including phenoxy) is 1. The van der Waals surface area contributed by atoms with Crippen LogP contribution in [0.3, 0.4) is 0 Å². The minimum Gasteiger partial charge on any atom is -0.506 e. The van der Waals surface area contributed by atoms with Crippen molar-refractivity contribution in [2.75, 3.05) is 13.7 Å². The van der Waals surface area contributed by atoms with E-state index in [0.29, 0.717) is 12.1 Å². The molecule has 1 aliphatic heterocycles. The second-order valence-corrected chi connectivity index (χ2v) is 6.46. The monoisotopic (exact) mass is 377 g/mol. The first-order valence-corrected chi connectivity index (χ1v) is 7.56. The van der Waals surface area contributed by atoms with Gasteiger partial charge in [0, 0.05) is 19.2 Å². The Morgan fingerprint density at radius 3 is 2.50 bits per heavy atom. The number of hydrogen-bond acceptors (Lipinski definition) is 3. The maximum Gasteiger partial charge on any atom is 0.143 e. The van der Waals surface area contributed by atoms with Crippen LogP contribution in [0.2, 0.25) is 0 Å². The number of nitrogens with zero attached hydrogens (tertiary/aromatic N) is 1. The zero-order chi connectivity index (χ0) is 13.3. The molecule has 0 aromatic heterocycles. The summed E-state index contributed by atoms with van der Waals surface area (Å²) in [5.74, 6) is 0.249. The van der Waals surface area contributed by atoms with Crippen molar-refractivity contribution in [3.8, 4) is 5.75 Å². The van der Waals surface area contributed by atoms with Gasteiger partial charge in [-0.05, 0) is 69.9 Å². The molecule has 1 aromatic rings. The summed E-state index contributed by atoms with van der Waals surface area (Å²) >= 11 is 6.72. The van der Waals surface area contributed by atoms with Crippen molar-refractivity contribution in [3.63, 3.8) is 0 Å². The molecule has 18 heavy (non-hydrogen) atoms. The average Bonchev–Trinajstić information content (AvgIpc) is 2.72. The van der Waals surface area contributed by atoms with Gasteiger partial charge >= 0.3 is 0 Å². The molecule has 0 bridgehead atoms. The molecule has 1 fully saturated rings. The zero-order valence-electron chi connectivity index (χ0n) is 10.5. The summed E-state index contributed by atoms with van der Waals surface area (Å²) in [6.07, 6.45) is 1.37. The van der Waals surface area contributed by atoms with Crippen molar-refractivity contribution in [2.45, 2.75) is 32.0 Å². The Morgan fingerprint density at radius 1 is 1.39 bits per heavy atom. The number of benzene rings is 1. The lowest BCUT2D eigenvalue weighted by molar-refractivity contribution is 0.0814. The lowest BCUT2D eigenvalue weighted by Crippen LogP contribution is -2.36. The predicted octanol–water partition coefficient (Wildman–Crippen LogP) is 3.53. The fourth-order valence-corrected chi connectivity index (χ4v) is 3.70. The van der Waals surface area contributed by atoms with E-state index in [-0.39, 0.29) is 5.75 Å². The normalized spacial score (nSPS) is 23.8. The number of phenols is 1. The van der Waals surface area contributed by atoms with Crippen molar-refractivity contribution in [1.82, 2.24) is 4.90 Å². The van der Waals surface area contributed by atoms with Crippen molar-refractivity contribution < 1.29 is 9.84 Å². The van der Waals surface area contributed by atoms with Gasteiger partial charge in [-0.15, -0.1) is 0 Å². The average molecular weight is 379 g/mol. The van der Waals surface area contributed by atoms with Crippen LogP contribution in [0.1, 0.15) is 18.9 Å². The first kappa shape index (κ1) is 14.3. The van der Waals surface area contributed by atoms with E-state index < -0.39 is 0 Å². The summed E-state index contributed by atoms with van der Waals surface area (Å²) in [7, 11) is 2.12. The molecular weight excluding hydrogens is 362 g/mol. The van der Waals surface area contributed by atoms with Crippen molar-refractivity contribution in [2.24, 2.45) is 0 Å². The summed E-state index contributed by atoms with van der Waals surface area (Å²) in [5.41, 5.74) is 1.16. The third-order valence-corrected chi connectivity index (χ3v) is 4.62. The Hall–Kier alpha value is -0.100. The number of hydrogen-bond donors (Lipinski definition) is 1. The molecule has 0 saturated carbocycles. The first-order chi connectivity index (χ1) is 8.49. The minimum atomic E-state index is 0.249. The Morgan fingerprint density at radius 2 is 2.00 bits per heavy atom. The lowest BCUT2D eigenvalue weighted by atomic mass is 10.1. The van der Waals surface area contributed by atoms with Crippen LogP contribution < -0.4 is 0 Å². The molecule has 5 heteroatoms. The maximum atomic E-state index is 9.69. The number of aromatic hydroxyl groups is 1. The predicted molar refractivity (Wildman–Crippen MR) is 78.8 cm³/mol. The fourth-order valence-electron chi connectivity index (χ4n) is 2.41. The van der Waals surface area contributed by atoms with E-state index in [1.54, 1.807) is 0 Å². The topological polar surface area (TPSA) is 32.7 Å². The molecule has 3 nitrogen and oxygen atoms in total. The summed E-state index contributed by atoms with van der Waals surface area (Å²) in [4.78, 5) is 2.31. The third-order valence-electron chi connectivity index (χ3n) is 3.41. The van der Waals surface area contributed by atoms with E-state index in [9.17, 15) is 5.11 Å². The molecule has 0 spiro atoms. The van der Waals surface area contributed by atoms with Gasteiger partial charge in [-0.3, -0.25) is 4.90 Å². The van der Waals surface area contributed by atoms with Crippen LogP contribution in [-0.2, 0) is 11.3 Å². The number of phenolic OH excluding ortho intramolecular Hbond substituents is 1. The van der Waals surface area contributed by atoms with Crippen molar-refractivity contribution in [1.29, 1.82) is 0 Å². The Bertz CT molecular complexity index is 416. The van der Waals surface area contributed by atoms with Gasteiger partial charge in [-0.25, -0.2) is 0 Å². The van der Waals surface area contributed by atoms with Crippen LogP contribution in [0, 0.1) is 0 Å². The standard InChI is InChI=1S/C13H17Br2NO2/c1-8-12(3-4-18-8)16(2)7-9-5-10(14)13(17)11(15)6-9/h5-6,8,12,17H,3-4,7H2,1-2H3. The highest BCUT2D eigenvalue weighted by molar-refractivity contribution is 9.11. The summed E-state index contributed by atoms with van der Waals surface area (Å²) in [6, 6.07) is 4.38. The molecule has 1 saturated heterocycles. The quantitative estimate of drug-likeness (QED) is 0.873. The van der Waals surface area contributed by atoms with E-state index in [2.05, 4.69) is 50.7 Å². The first-order valence-electron chi connectivity index (χ1n) is 5.97.